The van der Waals surface area contributed by atoms with Crippen molar-refractivity contribution in [3.63, 3.8) is 0 Å². The monoisotopic (exact) mass is 329 g/mol. The fraction of sp³-hybridized carbons (Fsp3) is 0.389. The second-order valence-corrected chi connectivity index (χ2v) is 5.67. The van der Waals surface area contributed by atoms with Crippen molar-refractivity contribution in [2.75, 3.05) is 11.9 Å². The van der Waals surface area contributed by atoms with E-state index in [2.05, 4.69) is 21.9 Å². The lowest BCUT2D eigenvalue weighted by Gasteiger charge is -2.28. The zero-order valence-corrected chi connectivity index (χ0v) is 14.3. The molecule has 0 radical (unpaired) electrons. The highest BCUT2D eigenvalue weighted by atomic mass is 16.5. The first-order valence-corrected chi connectivity index (χ1v) is 8.15. The van der Waals surface area contributed by atoms with Crippen LogP contribution in [0.15, 0.2) is 41.1 Å². The van der Waals surface area contributed by atoms with Crippen LogP contribution >= 0.6 is 0 Å². The summed E-state index contributed by atoms with van der Waals surface area (Å²) < 4.78 is 4.68. The zero-order valence-electron chi connectivity index (χ0n) is 14.3. The van der Waals surface area contributed by atoms with Gasteiger partial charge in [0.1, 0.15) is 12.8 Å². The fourth-order valence-corrected chi connectivity index (χ4v) is 2.31. The van der Waals surface area contributed by atoms with Crippen LogP contribution in [0.4, 0.5) is 5.82 Å². The fourth-order valence-electron chi connectivity index (χ4n) is 2.31. The Morgan fingerprint density at radius 3 is 2.46 bits per heavy atom. The van der Waals surface area contributed by atoms with Gasteiger partial charge in [-0.15, -0.1) is 0 Å². The summed E-state index contributed by atoms with van der Waals surface area (Å²) >= 11 is 0. The lowest BCUT2D eigenvalue weighted by atomic mass is 10.1. The van der Waals surface area contributed by atoms with Crippen LogP contribution in [0.25, 0.3) is 0 Å². The van der Waals surface area contributed by atoms with Gasteiger partial charge in [0.25, 0.3) is 5.91 Å². The summed E-state index contributed by atoms with van der Waals surface area (Å²) in [6, 6.07) is 9.01. The third-order valence-corrected chi connectivity index (χ3v) is 4.01. The number of hydrogen-bond donors (Lipinski definition) is 1. The van der Waals surface area contributed by atoms with Gasteiger partial charge >= 0.3 is 0 Å². The van der Waals surface area contributed by atoms with Gasteiger partial charge in [0.15, 0.2) is 5.82 Å². The molecule has 1 heterocycles. The predicted molar refractivity (Wildman–Crippen MR) is 91.7 cm³/mol. The Morgan fingerprint density at radius 2 is 1.92 bits per heavy atom. The number of carbonyl (C=O) groups is 2. The standard InChI is InChI=1S/C18H23N3O3/c1-4-13(3)21(12-17(22)19-16-10-11-24-20-16)18(23)15-8-6-14(5-2)7-9-15/h6-11,13H,4-5,12H2,1-3H3,(H,19,20,22). The highest BCUT2D eigenvalue weighted by molar-refractivity contribution is 5.99. The van der Waals surface area contributed by atoms with Crippen LogP contribution in [0.2, 0.25) is 0 Å². The van der Waals surface area contributed by atoms with Crippen LogP contribution in [0.5, 0.6) is 0 Å². The molecule has 2 rings (SSSR count). The minimum atomic E-state index is -0.303. The van der Waals surface area contributed by atoms with Gasteiger partial charge in [-0.3, -0.25) is 9.59 Å². The average Bonchev–Trinajstić information content (AvgIpc) is 3.11. The number of carbonyl (C=O) groups excluding carboxylic acids is 2. The van der Waals surface area contributed by atoms with Crippen molar-refractivity contribution in [3.05, 3.63) is 47.7 Å². The molecular weight excluding hydrogens is 306 g/mol. The van der Waals surface area contributed by atoms with Gasteiger partial charge in [-0.25, -0.2) is 0 Å². The van der Waals surface area contributed by atoms with Gasteiger partial charge in [0.2, 0.25) is 5.91 Å². The Morgan fingerprint density at radius 1 is 1.21 bits per heavy atom. The minimum Gasteiger partial charge on any atom is -0.363 e. The van der Waals surface area contributed by atoms with Crippen LogP contribution in [-0.4, -0.2) is 34.5 Å². The summed E-state index contributed by atoms with van der Waals surface area (Å²) in [4.78, 5) is 26.6. The molecule has 0 aliphatic carbocycles. The summed E-state index contributed by atoms with van der Waals surface area (Å²) in [5.41, 5.74) is 1.76. The normalized spacial score (nSPS) is 11.8. The lowest BCUT2D eigenvalue weighted by Crippen LogP contribution is -2.43. The van der Waals surface area contributed by atoms with E-state index in [4.69, 9.17) is 0 Å². The maximum absolute atomic E-state index is 12.8. The van der Waals surface area contributed by atoms with Gasteiger partial charge in [-0.05, 0) is 37.5 Å². The number of aromatic nitrogens is 1. The molecule has 6 heteroatoms. The van der Waals surface area contributed by atoms with Crippen LogP contribution in [-0.2, 0) is 11.2 Å². The molecule has 2 aromatic rings. The Hall–Kier alpha value is -2.63. The van der Waals surface area contributed by atoms with E-state index >= 15 is 0 Å². The smallest absolute Gasteiger partial charge is 0.254 e. The largest absolute Gasteiger partial charge is 0.363 e. The molecule has 1 atom stereocenters. The Labute approximate surface area is 141 Å². The Balaban J connectivity index is 2.11. The number of amides is 2. The summed E-state index contributed by atoms with van der Waals surface area (Å²) in [7, 11) is 0. The van der Waals surface area contributed by atoms with Gasteiger partial charge in [-0.2, -0.15) is 0 Å². The summed E-state index contributed by atoms with van der Waals surface area (Å²) in [5.74, 6) is -0.117. The number of nitrogens with one attached hydrogen (secondary N) is 1. The maximum atomic E-state index is 12.8. The summed E-state index contributed by atoms with van der Waals surface area (Å²) in [6.07, 6.45) is 3.06. The van der Waals surface area contributed by atoms with Gasteiger partial charge in [0, 0.05) is 17.7 Å². The van der Waals surface area contributed by atoms with Crippen molar-refractivity contribution in [1.29, 1.82) is 0 Å². The number of nitrogens with zero attached hydrogens (tertiary/aromatic N) is 2. The summed E-state index contributed by atoms with van der Waals surface area (Å²) in [5, 5.41) is 6.26. The van der Waals surface area contributed by atoms with Crippen molar-refractivity contribution in [3.8, 4) is 0 Å². The molecule has 0 saturated heterocycles. The number of rotatable bonds is 7. The van der Waals surface area contributed by atoms with Crippen molar-refractivity contribution in [2.45, 2.75) is 39.7 Å². The van der Waals surface area contributed by atoms with E-state index in [1.165, 1.54) is 11.8 Å². The van der Waals surface area contributed by atoms with Crippen molar-refractivity contribution in [2.24, 2.45) is 0 Å². The van der Waals surface area contributed by atoms with E-state index in [0.717, 1.165) is 12.8 Å². The van der Waals surface area contributed by atoms with E-state index in [-0.39, 0.29) is 24.4 Å². The van der Waals surface area contributed by atoms with Gasteiger partial charge in [-0.1, -0.05) is 31.1 Å². The molecule has 1 N–H and O–H groups in total. The quantitative estimate of drug-likeness (QED) is 0.847. The molecule has 1 aromatic carbocycles. The number of aryl methyl sites for hydroxylation is 1. The van der Waals surface area contributed by atoms with Crippen molar-refractivity contribution >= 4 is 17.6 Å². The van der Waals surface area contributed by atoms with Crippen LogP contribution in [0.1, 0.15) is 43.1 Å². The zero-order chi connectivity index (χ0) is 17.5. The number of benzene rings is 1. The molecule has 0 aliphatic rings. The highest BCUT2D eigenvalue weighted by Crippen LogP contribution is 2.13. The third kappa shape index (κ3) is 4.44. The van der Waals surface area contributed by atoms with Crippen LogP contribution in [0.3, 0.4) is 0 Å². The first-order valence-electron chi connectivity index (χ1n) is 8.15. The van der Waals surface area contributed by atoms with E-state index in [0.29, 0.717) is 11.4 Å². The molecule has 0 fully saturated rings. The van der Waals surface area contributed by atoms with Crippen LogP contribution in [0, 0.1) is 0 Å². The molecule has 0 saturated carbocycles. The SMILES string of the molecule is CCc1ccc(C(=O)N(CC(=O)Nc2ccon2)C(C)CC)cc1. The predicted octanol–water partition coefficient (Wildman–Crippen LogP) is 3.12. The van der Waals surface area contributed by atoms with Crippen molar-refractivity contribution < 1.29 is 14.1 Å². The van der Waals surface area contributed by atoms with E-state index in [1.807, 2.05) is 38.1 Å². The minimum absolute atomic E-state index is 0.0315. The molecule has 1 unspecified atom stereocenters. The van der Waals surface area contributed by atoms with Crippen molar-refractivity contribution in [1.82, 2.24) is 10.1 Å². The highest BCUT2D eigenvalue weighted by Gasteiger charge is 2.23. The Kier molecular flexibility index (Phi) is 6.12. The van der Waals surface area contributed by atoms with Gasteiger partial charge in [0.05, 0.1) is 0 Å². The molecular formula is C18H23N3O3. The topological polar surface area (TPSA) is 75.4 Å². The molecule has 0 spiro atoms. The molecule has 0 aliphatic heterocycles. The molecule has 1 aromatic heterocycles. The molecule has 128 valence electrons. The molecule has 6 nitrogen and oxygen atoms in total. The third-order valence-electron chi connectivity index (χ3n) is 4.01. The number of anilines is 1. The Bertz CT molecular complexity index is 665. The second-order valence-electron chi connectivity index (χ2n) is 5.67. The van der Waals surface area contributed by atoms with E-state index in [9.17, 15) is 9.59 Å². The van der Waals surface area contributed by atoms with Gasteiger partial charge < -0.3 is 14.7 Å². The molecule has 2 amide bonds. The maximum Gasteiger partial charge on any atom is 0.254 e. The van der Waals surface area contributed by atoms with E-state index in [1.54, 1.807) is 11.0 Å². The average molecular weight is 329 g/mol. The first-order chi connectivity index (χ1) is 11.5. The van der Waals surface area contributed by atoms with E-state index < -0.39 is 0 Å². The lowest BCUT2D eigenvalue weighted by molar-refractivity contribution is -0.117. The molecule has 0 bridgehead atoms. The molecule has 24 heavy (non-hydrogen) atoms. The summed E-state index contributed by atoms with van der Waals surface area (Å²) in [6.45, 7) is 5.95. The van der Waals surface area contributed by atoms with Crippen LogP contribution < -0.4 is 5.32 Å². The second kappa shape index (κ2) is 8.29. The number of hydrogen-bond acceptors (Lipinski definition) is 4. The first kappa shape index (κ1) is 17.7.